The molecule has 4 heteroatoms. The molecule has 16 heavy (non-hydrogen) atoms. The Morgan fingerprint density at radius 2 is 2.38 bits per heavy atom. The van der Waals surface area contributed by atoms with Crippen molar-refractivity contribution < 1.29 is 4.39 Å². The summed E-state index contributed by atoms with van der Waals surface area (Å²) in [5, 5.41) is 3.99. The largest absolute Gasteiger partial charge is 0.366 e. The molecule has 2 nitrogen and oxygen atoms in total. The van der Waals surface area contributed by atoms with Gasteiger partial charge in [-0.3, -0.25) is 0 Å². The number of hydrogen-bond acceptors (Lipinski definition) is 2. The lowest BCUT2D eigenvalue weighted by Gasteiger charge is -2.35. The maximum absolute atomic E-state index is 13.7. The first-order valence-electron chi connectivity index (χ1n) is 5.64. The van der Waals surface area contributed by atoms with Crippen molar-refractivity contribution in [2.75, 3.05) is 24.5 Å². The topological polar surface area (TPSA) is 15.3 Å². The van der Waals surface area contributed by atoms with Crippen LogP contribution < -0.4 is 10.2 Å². The molecule has 1 aliphatic rings. The molecular weight excluding hydrogens is 227 g/mol. The fourth-order valence-corrected chi connectivity index (χ4v) is 2.21. The average Bonchev–Trinajstić information content (AvgIpc) is 2.32. The normalized spacial score (nSPS) is 21.2. The number of piperazine rings is 1. The van der Waals surface area contributed by atoms with Crippen LogP contribution >= 0.6 is 11.6 Å². The molecule has 0 radical (unpaired) electrons. The van der Waals surface area contributed by atoms with Gasteiger partial charge in [0.05, 0.1) is 5.69 Å². The molecular formula is C12H16ClFN2. The molecule has 1 fully saturated rings. The minimum atomic E-state index is -0.193. The van der Waals surface area contributed by atoms with Gasteiger partial charge in [0.25, 0.3) is 0 Å². The van der Waals surface area contributed by atoms with Crippen LogP contribution in [-0.2, 0) is 0 Å². The van der Waals surface area contributed by atoms with E-state index in [2.05, 4.69) is 17.1 Å². The second-order valence-corrected chi connectivity index (χ2v) is 4.54. The summed E-state index contributed by atoms with van der Waals surface area (Å²) in [5.41, 5.74) is 0.618. The number of rotatable bonds is 2. The predicted molar refractivity (Wildman–Crippen MR) is 65.7 cm³/mol. The van der Waals surface area contributed by atoms with Crippen LogP contribution in [0.25, 0.3) is 0 Å². The van der Waals surface area contributed by atoms with Gasteiger partial charge in [0, 0.05) is 30.7 Å². The van der Waals surface area contributed by atoms with Crippen LogP contribution in [0, 0.1) is 5.82 Å². The summed E-state index contributed by atoms with van der Waals surface area (Å²) < 4.78 is 13.7. The zero-order valence-corrected chi connectivity index (χ0v) is 10.1. The Morgan fingerprint density at radius 1 is 1.56 bits per heavy atom. The van der Waals surface area contributed by atoms with E-state index in [9.17, 15) is 4.39 Å². The van der Waals surface area contributed by atoms with E-state index in [-0.39, 0.29) is 5.82 Å². The molecule has 0 aliphatic carbocycles. The Morgan fingerprint density at radius 3 is 3.12 bits per heavy atom. The molecule has 1 unspecified atom stereocenters. The van der Waals surface area contributed by atoms with Gasteiger partial charge < -0.3 is 10.2 Å². The second-order valence-electron chi connectivity index (χ2n) is 4.10. The van der Waals surface area contributed by atoms with Crippen molar-refractivity contribution in [1.82, 2.24) is 5.32 Å². The summed E-state index contributed by atoms with van der Waals surface area (Å²) in [4.78, 5) is 2.06. The number of anilines is 1. The van der Waals surface area contributed by atoms with Crippen LogP contribution in [0.2, 0.25) is 5.02 Å². The van der Waals surface area contributed by atoms with E-state index >= 15 is 0 Å². The first-order chi connectivity index (χ1) is 7.70. The Balaban J connectivity index is 2.19. The molecule has 2 rings (SSSR count). The highest BCUT2D eigenvalue weighted by Gasteiger charge is 2.20. The summed E-state index contributed by atoms with van der Waals surface area (Å²) in [7, 11) is 0. The van der Waals surface area contributed by atoms with Crippen molar-refractivity contribution in [2.45, 2.75) is 19.4 Å². The lowest BCUT2D eigenvalue weighted by Crippen LogP contribution is -2.50. The summed E-state index contributed by atoms with van der Waals surface area (Å²) >= 11 is 5.90. The minimum absolute atomic E-state index is 0.193. The number of nitrogens with zero attached hydrogens (tertiary/aromatic N) is 1. The van der Waals surface area contributed by atoms with Crippen LogP contribution in [0.4, 0.5) is 10.1 Å². The number of hydrogen-bond donors (Lipinski definition) is 1. The molecule has 1 atom stereocenters. The summed E-state index contributed by atoms with van der Waals surface area (Å²) in [6.45, 7) is 4.70. The third-order valence-corrected chi connectivity index (χ3v) is 3.23. The van der Waals surface area contributed by atoms with Crippen LogP contribution in [0.5, 0.6) is 0 Å². The van der Waals surface area contributed by atoms with Gasteiger partial charge in [0.2, 0.25) is 0 Å². The van der Waals surface area contributed by atoms with Gasteiger partial charge in [-0.1, -0.05) is 18.5 Å². The van der Waals surface area contributed by atoms with E-state index in [1.807, 2.05) is 0 Å². The molecule has 0 amide bonds. The van der Waals surface area contributed by atoms with E-state index in [0.717, 1.165) is 26.1 Å². The third-order valence-electron chi connectivity index (χ3n) is 3.00. The summed E-state index contributed by atoms with van der Waals surface area (Å²) in [6.07, 6.45) is 1.05. The predicted octanol–water partition coefficient (Wildman–Crippen LogP) is 2.67. The van der Waals surface area contributed by atoms with Crippen LogP contribution in [-0.4, -0.2) is 25.7 Å². The molecule has 1 aromatic rings. The average molecular weight is 243 g/mol. The monoisotopic (exact) mass is 242 g/mol. The number of nitrogens with one attached hydrogen (secondary N) is 1. The number of benzene rings is 1. The smallest absolute Gasteiger partial charge is 0.146 e. The second kappa shape index (κ2) is 5.02. The Bertz CT molecular complexity index is 370. The van der Waals surface area contributed by atoms with Gasteiger partial charge in [-0.2, -0.15) is 0 Å². The standard InChI is InChI=1S/C12H16ClFN2/c1-2-10-8-16(6-5-15-10)12-7-9(13)3-4-11(12)14/h3-4,7,10,15H,2,5-6,8H2,1H3. The molecule has 0 spiro atoms. The van der Waals surface area contributed by atoms with E-state index in [4.69, 9.17) is 11.6 Å². The number of halogens is 2. The first kappa shape index (κ1) is 11.7. The lowest BCUT2D eigenvalue weighted by atomic mass is 10.1. The minimum Gasteiger partial charge on any atom is -0.366 e. The van der Waals surface area contributed by atoms with Crippen molar-refractivity contribution in [3.8, 4) is 0 Å². The molecule has 1 saturated heterocycles. The van der Waals surface area contributed by atoms with Gasteiger partial charge in [-0.25, -0.2) is 4.39 Å². The Labute approximate surface area is 100 Å². The van der Waals surface area contributed by atoms with Crippen molar-refractivity contribution in [2.24, 2.45) is 0 Å². The fourth-order valence-electron chi connectivity index (χ4n) is 2.05. The molecule has 88 valence electrons. The Hall–Kier alpha value is -0.800. The fraction of sp³-hybridized carbons (Fsp3) is 0.500. The van der Waals surface area contributed by atoms with Gasteiger partial charge in [0.15, 0.2) is 0 Å². The van der Waals surface area contributed by atoms with E-state index in [1.54, 1.807) is 12.1 Å². The summed E-state index contributed by atoms with van der Waals surface area (Å²) in [5.74, 6) is -0.193. The van der Waals surface area contributed by atoms with Gasteiger partial charge in [0.1, 0.15) is 5.82 Å². The highest BCUT2D eigenvalue weighted by Crippen LogP contribution is 2.24. The lowest BCUT2D eigenvalue weighted by molar-refractivity contribution is 0.443. The van der Waals surface area contributed by atoms with Gasteiger partial charge in [-0.15, -0.1) is 0 Å². The van der Waals surface area contributed by atoms with Crippen LogP contribution in [0.3, 0.4) is 0 Å². The quantitative estimate of drug-likeness (QED) is 0.858. The molecule has 1 heterocycles. The maximum atomic E-state index is 13.7. The zero-order valence-electron chi connectivity index (χ0n) is 9.34. The van der Waals surface area contributed by atoms with E-state index in [0.29, 0.717) is 16.8 Å². The van der Waals surface area contributed by atoms with Crippen molar-refractivity contribution in [3.63, 3.8) is 0 Å². The van der Waals surface area contributed by atoms with Gasteiger partial charge in [-0.05, 0) is 24.6 Å². The molecule has 1 aliphatic heterocycles. The van der Waals surface area contributed by atoms with Crippen molar-refractivity contribution in [1.29, 1.82) is 0 Å². The molecule has 1 N–H and O–H groups in total. The maximum Gasteiger partial charge on any atom is 0.146 e. The zero-order chi connectivity index (χ0) is 11.5. The van der Waals surface area contributed by atoms with E-state index < -0.39 is 0 Å². The molecule has 0 saturated carbocycles. The van der Waals surface area contributed by atoms with Crippen molar-refractivity contribution in [3.05, 3.63) is 29.0 Å². The molecule has 0 bridgehead atoms. The van der Waals surface area contributed by atoms with Gasteiger partial charge >= 0.3 is 0 Å². The van der Waals surface area contributed by atoms with Crippen LogP contribution in [0.15, 0.2) is 18.2 Å². The molecule has 1 aromatic carbocycles. The van der Waals surface area contributed by atoms with E-state index in [1.165, 1.54) is 6.07 Å². The third kappa shape index (κ3) is 2.47. The first-order valence-corrected chi connectivity index (χ1v) is 6.02. The van der Waals surface area contributed by atoms with Crippen molar-refractivity contribution >= 4 is 17.3 Å². The Kier molecular flexibility index (Phi) is 3.66. The molecule has 0 aromatic heterocycles. The SMILES string of the molecule is CCC1CN(c2cc(Cl)ccc2F)CCN1. The highest BCUT2D eigenvalue weighted by molar-refractivity contribution is 6.30. The van der Waals surface area contributed by atoms with Crippen LogP contribution in [0.1, 0.15) is 13.3 Å². The highest BCUT2D eigenvalue weighted by atomic mass is 35.5. The summed E-state index contributed by atoms with van der Waals surface area (Å²) in [6, 6.07) is 5.15.